The van der Waals surface area contributed by atoms with Crippen molar-refractivity contribution in [1.29, 1.82) is 0 Å². The summed E-state index contributed by atoms with van der Waals surface area (Å²) in [6.07, 6.45) is 0. The van der Waals surface area contributed by atoms with E-state index in [1.807, 2.05) is 52.0 Å². The lowest BCUT2D eigenvalue weighted by Gasteiger charge is -2.10. The van der Waals surface area contributed by atoms with E-state index in [-0.39, 0.29) is 10.9 Å². The van der Waals surface area contributed by atoms with Crippen LogP contribution in [0.25, 0.3) is 5.78 Å². The minimum atomic E-state index is -3.88. The molecule has 120 valence electrons. The number of anilines is 1. The number of benzene rings is 1. The van der Waals surface area contributed by atoms with Crippen LogP contribution >= 0.6 is 0 Å². The second-order valence-electron chi connectivity index (χ2n) is 5.52. The van der Waals surface area contributed by atoms with E-state index in [9.17, 15) is 8.42 Å². The monoisotopic (exact) mass is 331 g/mol. The maximum atomic E-state index is 12.6. The fraction of sp³-hybridized carbons (Fsp3) is 0.267. The highest BCUT2D eigenvalue weighted by Gasteiger charge is 2.23. The Kier molecular flexibility index (Phi) is 3.56. The van der Waals surface area contributed by atoms with Crippen molar-refractivity contribution in [1.82, 2.24) is 19.6 Å². The Hall–Kier alpha value is -2.48. The van der Waals surface area contributed by atoms with E-state index in [1.165, 1.54) is 4.52 Å². The average molecular weight is 331 g/mol. The lowest BCUT2D eigenvalue weighted by Crippen LogP contribution is -2.16. The Labute approximate surface area is 134 Å². The molecule has 1 N–H and O–H groups in total. The quantitative estimate of drug-likeness (QED) is 0.794. The number of aryl methyl sites for hydroxylation is 4. The van der Waals surface area contributed by atoms with Gasteiger partial charge in [0.2, 0.25) is 0 Å². The van der Waals surface area contributed by atoms with Gasteiger partial charge in [0.25, 0.3) is 21.0 Å². The topological polar surface area (TPSA) is 89.3 Å². The minimum Gasteiger partial charge on any atom is -0.276 e. The third-order valence-corrected chi connectivity index (χ3v) is 4.68. The molecule has 0 unspecified atom stereocenters. The van der Waals surface area contributed by atoms with Gasteiger partial charge in [-0.25, -0.2) is 9.50 Å². The molecule has 0 aliphatic carbocycles. The molecule has 0 saturated carbocycles. The molecule has 0 saturated heterocycles. The molecule has 1 aromatic carbocycles. The van der Waals surface area contributed by atoms with Crippen LogP contribution in [-0.2, 0) is 10.0 Å². The summed E-state index contributed by atoms with van der Waals surface area (Å²) < 4.78 is 29.2. The van der Waals surface area contributed by atoms with Gasteiger partial charge in [0.1, 0.15) is 0 Å². The van der Waals surface area contributed by atoms with Crippen LogP contribution < -0.4 is 4.72 Å². The summed E-state index contributed by atoms with van der Waals surface area (Å²) in [7, 11) is -3.88. The van der Waals surface area contributed by atoms with E-state index in [0.29, 0.717) is 5.69 Å². The van der Waals surface area contributed by atoms with Crippen LogP contribution in [0.5, 0.6) is 0 Å². The van der Waals surface area contributed by atoms with E-state index in [1.54, 1.807) is 0 Å². The Morgan fingerprint density at radius 1 is 1.04 bits per heavy atom. The van der Waals surface area contributed by atoms with E-state index in [2.05, 4.69) is 19.8 Å². The standard InChI is InChI=1S/C15H17N5O2S/c1-9-6-5-7-10(2)13(9)19-23(21,22)15-17-14-16-11(3)8-12(4)20(14)18-15/h5-8,19H,1-4H3. The Balaban J connectivity index is 2.08. The van der Waals surface area contributed by atoms with E-state index in [0.717, 1.165) is 22.5 Å². The number of nitrogens with one attached hydrogen (secondary N) is 1. The predicted octanol–water partition coefficient (Wildman–Crippen LogP) is 2.16. The van der Waals surface area contributed by atoms with Gasteiger partial charge in [-0.05, 0) is 44.9 Å². The molecule has 0 amide bonds. The first kappa shape index (κ1) is 15.4. The smallest absolute Gasteiger partial charge is 0.276 e. The Morgan fingerprint density at radius 2 is 1.70 bits per heavy atom. The summed E-state index contributed by atoms with van der Waals surface area (Å²) in [5.74, 6) is 0.268. The normalized spacial score (nSPS) is 11.8. The van der Waals surface area contributed by atoms with Crippen molar-refractivity contribution in [2.75, 3.05) is 4.72 Å². The summed E-state index contributed by atoms with van der Waals surface area (Å²) in [4.78, 5) is 8.26. The third-order valence-electron chi connectivity index (χ3n) is 3.56. The van der Waals surface area contributed by atoms with Gasteiger partial charge < -0.3 is 0 Å². The maximum Gasteiger partial charge on any atom is 0.299 e. The number of para-hydroxylation sites is 1. The maximum absolute atomic E-state index is 12.6. The van der Waals surface area contributed by atoms with Gasteiger partial charge in [-0.1, -0.05) is 18.2 Å². The SMILES string of the molecule is Cc1cc(C)n2nc(S(=O)(=O)Nc3c(C)cccc3C)nc2n1. The molecule has 0 spiro atoms. The molecule has 23 heavy (non-hydrogen) atoms. The number of sulfonamides is 1. The van der Waals surface area contributed by atoms with Gasteiger partial charge in [-0.2, -0.15) is 13.4 Å². The summed E-state index contributed by atoms with van der Waals surface area (Å²) in [6.45, 7) is 7.34. The highest BCUT2D eigenvalue weighted by atomic mass is 32.2. The molecule has 7 nitrogen and oxygen atoms in total. The van der Waals surface area contributed by atoms with Crippen LogP contribution in [0.1, 0.15) is 22.5 Å². The number of aromatic nitrogens is 4. The van der Waals surface area contributed by atoms with Crippen molar-refractivity contribution >= 4 is 21.5 Å². The van der Waals surface area contributed by atoms with Gasteiger partial charge in [0.15, 0.2) is 0 Å². The summed E-state index contributed by atoms with van der Waals surface area (Å²) in [5, 5.41) is 3.78. The van der Waals surface area contributed by atoms with Crippen LogP contribution in [0.2, 0.25) is 0 Å². The first-order valence-corrected chi connectivity index (χ1v) is 8.56. The largest absolute Gasteiger partial charge is 0.299 e. The zero-order chi connectivity index (χ0) is 16.8. The Morgan fingerprint density at radius 3 is 2.35 bits per heavy atom. The molecule has 0 aliphatic heterocycles. The number of nitrogens with zero attached hydrogens (tertiary/aromatic N) is 4. The van der Waals surface area contributed by atoms with Crippen molar-refractivity contribution in [2.45, 2.75) is 32.9 Å². The predicted molar refractivity (Wildman–Crippen MR) is 87.0 cm³/mol. The first-order chi connectivity index (χ1) is 10.8. The molecule has 8 heteroatoms. The average Bonchev–Trinajstić information content (AvgIpc) is 2.88. The van der Waals surface area contributed by atoms with Gasteiger partial charge in [-0.3, -0.25) is 4.72 Å². The molecule has 0 radical (unpaired) electrons. The number of hydrogen-bond donors (Lipinski definition) is 1. The number of hydrogen-bond acceptors (Lipinski definition) is 5. The Bertz CT molecular complexity index is 988. The minimum absolute atomic E-state index is 0.268. The molecule has 3 rings (SSSR count). The van der Waals surface area contributed by atoms with Crippen molar-refractivity contribution in [3.8, 4) is 0 Å². The molecule has 2 heterocycles. The summed E-state index contributed by atoms with van der Waals surface area (Å²) >= 11 is 0. The van der Waals surface area contributed by atoms with Crippen LogP contribution in [0, 0.1) is 27.7 Å². The molecule has 3 aromatic rings. The second kappa shape index (κ2) is 5.31. The van der Waals surface area contributed by atoms with Crippen LogP contribution in [0.3, 0.4) is 0 Å². The van der Waals surface area contributed by atoms with E-state index >= 15 is 0 Å². The van der Waals surface area contributed by atoms with Crippen molar-refractivity contribution in [3.63, 3.8) is 0 Å². The van der Waals surface area contributed by atoms with Gasteiger partial charge >= 0.3 is 0 Å². The molecule has 0 fully saturated rings. The van der Waals surface area contributed by atoms with Gasteiger partial charge in [0.05, 0.1) is 5.69 Å². The number of rotatable bonds is 3. The molecule has 0 aliphatic rings. The lowest BCUT2D eigenvalue weighted by molar-refractivity contribution is 0.592. The second-order valence-corrected chi connectivity index (χ2v) is 7.09. The molecular weight excluding hydrogens is 314 g/mol. The third kappa shape index (κ3) is 2.77. The fourth-order valence-electron chi connectivity index (χ4n) is 2.42. The summed E-state index contributed by atoms with van der Waals surface area (Å²) in [5.41, 5.74) is 3.75. The van der Waals surface area contributed by atoms with Crippen molar-refractivity contribution < 1.29 is 8.42 Å². The zero-order valence-electron chi connectivity index (χ0n) is 13.3. The molecular formula is C15H17N5O2S. The van der Waals surface area contributed by atoms with Gasteiger partial charge in [-0.15, -0.1) is 5.10 Å². The highest BCUT2D eigenvalue weighted by Crippen LogP contribution is 2.22. The molecule has 0 bridgehead atoms. The highest BCUT2D eigenvalue weighted by molar-refractivity contribution is 7.92. The lowest BCUT2D eigenvalue weighted by atomic mass is 10.1. The van der Waals surface area contributed by atoms with Crippen LogP contribution in [0.15, 0.2) is 29.4 Å². The van der Waals surface area contributed by atoms with E-state index < -0.39 is 10.0 Å². The number of fused-ring (bicyclic) bond motifs is 1. The summed E-state index contributed by atoms with van der Waals surface area (Å²) in [6, 6.07) is 7.38. The zero-order valence-corrected chi connectivity index (χ0v) is 14.1. The van der Waals surface area contributed by atoms with Gasteiger partial charge in [0, 0.05) is 11.4 Å². The molecule has 2 aromatic heterocycles. The van der Waals surface area contributed by atoms with E-state index in [4.69, 9.17) is 0 Å². The fourth-order valence-corrected chi connectivity index (χ4v) is 3.49. The molecule has 0 atom stereocenters. The van der Waals surface area contributed by atoms with Crippen LogP contribution in [-0.4, -0.2) is 28.0 Å². The first-order valence-electron chi connectivity index (χ1n) is 7.08. The van der Waals surface area contributed by atoms with Crippen molar-refractivity contribution in [3.05, 3.63) is 46.8 Å². The van der Waals surface area contributed by atoms with Crippen molar-refractivity contribution in [2.24, 2.45) is 0 Å². The van der Waals surface area contributed by atoms with Crippen LogP contribution in [0.4, 0.5) is 5.69 Å².